The van der Waals surface area contributed by atoms with Gasteiger partial charge in [-0.1, -0.05) is 11.8 Å². The van der Waals surface area contributed by atoms with E-state index in [1.165, 1.54) is 23.1 Å². The SMILES string of the molecule is CC(=O)SC1CN(c2nc(C(=O)N3CCCC3)cs2)C1. The van der Waals surface area contributed by atoms with E-state index in [9.17, 15) is 9.59 Å². The molecule has 0 radical (unpaired) electrons. The van der Waals surface area contributed by atoms with Crippen molar-refractivity contribution in [2.24, 2.45) is 0 Å². The molecule has 0 aromatic carbocycles. The van der Waals surface area contributed by atoms with Gasteiger partial charge in [0.2, 0.25) is 0 Å². The quantitative estimate of drug-likeness (QED) is 0.852. The molecule has 1 amide bonds. The molecule has 2 saturated heterocycles. The Morgan fingerprint density at radius 1 is 1.35 bits per heavy atom. The lowest BCUT2D eigenvalue weighted by Crippen LogP contribution is -2.49. The highest BCUT2D eigenvalue weighted by atomic mass is 32.2. The molecule has 3 rings (SSSR count). The van der Waals surface area contributed by atoms with Crippen LogP contribution in [0.4, 0.5) is 5.13 Å². The summed E-state index contributed by atoms with van der Waals surface area (Å²) in [5, 5.41) is 3.28. The minimum absolute atomic E-state index is 0.0557. The monoisotopic (exact) mass is 311 g/mol. The van der Waals surface area contributed by atoms with E-state index >= 15 is 0 Å². The molecule has 1 aromatic rings. The van der Waals surface area contributed by atoms with E-state index in [1.807, 2.05) is 10.3 Å². The number of aromatic nitrogens is 1. The molecule has 0 aliphatic carbocycles. The number of likely N-dealkylation sites (tertiary alicyclic amines) is 1. The molecule has 2 fully saturated rings. The normalized spacial score (nSPS) is 19.2. The zero-order valence-corrected chi connectivity index (χ0v) is 13.0. The van der Waals surface area contributed by atoms with Crippen molar-refractivity contribution in [2.75, 3.05) is 31.1 Å². The number of hydrogen-bond acceptors (Lipinski definition) is 6. The summed E-state index contributed by atoms with van der Waals surface area (Å²) in [5.74, 6) is 0.0557. The van der Waals surface area contributed by atoms with Crippen LogP contribution in [0, 0.1) is 0 Å². The molecular weight excluding hydrogens is 294 g/mol. The van der Waals surface area contributed by atoms with Crippen molar-refractivity contribution in [2.45, 2.75) is 25.0 Å². The first kappa shape index (κ1) is 13.9. The van der Waals surface area contributed by atoms with Crippen LogP contribution in [0.3, 0.4) is 0 Å². The molecule has 0 N–H and O–H groups in total. The van der Waals surface area contributed by atoms with Crippen molar-refractivity contribution in [3.8, 4) is 0 Å². The van der Waals surface area contributed by atoms with Gasteiger partial charge in [-0.15, -0.1) is 11.3 Å². The lowest BCUT2D eigenvalue weighted by atomic mass is 10.2. The van der Waals surface area contributed by atoms with Crippen molar-refractivity contribution in [1.82, 2.24) is 9.88 Å². The summed E-state index contributed by atoms with van der Waals surface area (Å²) in [7, 11) is 0. The van der Waals surface area contributed by atoms with Crippen molar-refractivity contribution in [3.05, 3.63) is 11.1 Å². The van der Waals surface area contributed by atoms with E-state index in [1.54, 1.807) is 6.92 Å². The highest BCUT2D eigenvalue weighted by Crippen LogP contribution is 2.31. The van der Waals surface area contributed by atoms with Crippen LogP contribution in [0.25, 0.3) is 0 Å². The largest absolute Gasteiger partial charge is 0.346 e. The molecule has 5 nitrogen and oxygen atoms in total. The summed E-state index contributed by atoms with van der Waals surface area (Å²) in [4.78, 5) is 31.7. The van der Waals surface area contributed by atoms with Crippen molar-refractivity contribution >= 4 is 39.3 Å². The fourth-order valence-corrected chi connectivity index (χ4v) is 4.29. The summed E-state index contributed by atoms with van der Waals surface area (Å²) < 4.78 is 0. The van der Waals surface area contributed by atoms with Crippen molar-refractivity contribution in [1.29, 1.82) is 0 Å². The molecular formula is C13H17N3O2S2. The average molecular weight is 311 g/mol. The van der Waals surface area contributed by atoms with E-state index in [2.05, 4.69) is 9.88 Å². The van der Waals surface area contributed by atoms with Crippen LogP contribution in [0.15, 0.2) is 5.38 Å². The van der Waals surface area contributed by atoms with Crippen LogP contribution in [-0.2, 0) is 4.79 Å². The fraction of sp³-hybridized carbons (Fsp3) is 0.615. The predicted octanol–water partition coefficient (Wildman–Crippen LogP) is 1.85. The van der Waals surface area contributed by atoms with E-state index in [0.717, 1.165) is 44.2 Å². The fourth-order valence-electron chi connectivity index (χ4n) is 2.49. The average Bonchev–Trinajstić information content (AvgIpc) is 3.03. The van der Waals surface area contributed by atoms with Gasteiger partial charge in [-0.3, -0.25) is 9.59 Å². The summed E-state index contributed by atoms with van der Waals surface area (Å²) in [6.07, 6.45) is 2.19. The third-order valence-electron chi connectivity index (χ3n) is 3.56. The summed E-state index contributed by atoms with van der Waals surface area (Å²) in [5.41, 5.74) is 0.564. The molecule has 108 valence electrons. The van der Waals surface area contributed by atoms with Gasteiger partial charge < -0.3 is 9.80 Å². The van der Waals surface area contributed by atoms with E-state index < -0.39 is 0 Å². The van der Waals surface area contributed by atoms with Crippen molar-refractivity contribution < 1.29 is 9.59 Å². The number of rotatable bonds is 3. The molecule has 0 atom stereocenters. The van der Waals surface area contributed by atoms with Gasteiger partial charge in [0.1, 0.15) is 5.69 Å². The van der Waals surface area contributed by atoms with Gasteiger partial charge in [-0.2, -0.15) is 0 Å². The second kappa shape index (κ2) is 5.73. The molecule has 2 aliphatic heterocycles. The molecule has 3 heterocycles. The number of nitrogens with zero attached hydrogens (tertiary/aromatic N) is 3. The predicted molar refractivity (Wildman–Crippen MR) is 81.5 cm³/mol. The van der Waals surface area contributed by atoms with Crippen LogP contribution in [0.5, 0.6) is 0 Å². The third kappa shape index (κ3) is 2.83. The highest BCUT2D eigenvalue weighted by molar-refractivity contribution is 8.14. The second-order valence-corrected chi connectivity index (χ2v) is 7.46. The van der Waals surface area contributed by atoms with Crippen LogP contribution >= 0.6 is 23.1 Å². The Bertz CT molecular complexity index is 519. The van der Waals surface area contributed by atoms with Crippen LogP contribution in [-0.4, -0.2) is 52.3 Å². The van der Waals surface area contributed by atoms with Gasteiger partial charge in [0.15, 0.2) is 10.2 Å². The summed E-state index contributed by atoms with van der Waals surface area (Å²) in [6, 6.07) is 0. The lowest BCUT2D eigenvalue weighted by Gasteiger charge is -2.37. The van der Waals surface area contributed by atoms with Gasteiger partial charge in [0.05, 0.1) is 0 Å². The van der Waals surface area contributed by atoms with Crippen LogP contribution < -0.4 is 4.90 Å². The lowest BCUT2D eigenvalue weighted by molar-refractivity contribution is -0.109. The zero-order chi connectivity index (χ0) is 14.1. The minimum atomic E-state index is 0.0557. The van der Waals surface area contributed by atoms with E-state index in [0.29, 0.717) is 10.9 Å². The maximum atomic E-state index is 12.2. The number of carbonyl (C=O) groups is 2. The Balaban J connectivity index is 1.58. The Hall–Kier alpha value is -1.08. The molecule has 7 heteroatoms. The van der Waals surface area contributed by atoms with Gasteiger partial charge in [0.25, 0.3) is 5.91 Å². The maximum absolute atomic E-state index is 12.2. The first-order valence-corrected chi connectivity index (χ1v) is 8.56. The van der Waals surface area contributed by atoms with Crippen LogP contribution in [0.1, 0.15) is 30.3 Å². The molecule has 20 heavy (non-hydrogen) atoms. The van der Waals surface area contributed by atoms with Gasteiger partial charge >= 0.3 is 0 Å². The van der Waals surface area contributed by atoms with E-state index in [4.69, 9.17) is 0 Å². The van der Waals surface area contributed by atoms with Crippen molar-refractivity contribution in [3.63, 3.8) is 0 Å². The van der Waals surface area contributed by atoms with Crippen LogP contribution in [0.2, 0.25) is 0 Å². The molecule has 0 saturated carbocycles. The topological polar surface area (TPSA) is 53.5 Å². The first-order chi connectivity index (χ1) is 9.63. The highest BCUT2D eigenvalue weighted by Gasteiger charge is 2.31. The number of thiazole rings is 1. The van der Waals surface area contributed by atoms with E-state index in [-0.39, 0.29) is 11.0 Å². The number of thioether (sulfide) groups is 1. The second-order valence-electron chi connectivity index (χ2n) is 5.15. The first-order valence-electron chi connectivity index (χ1n) is 6.80. The Morgan fingerprint density at radius 2 is 2.05 bits per heavy atom. The molecule has 0 spiro atoms. The Kier molecular flexibility index (Phi) is 3.98. The summed E-state index contributed by atoms with van der Waals surface area (Å²) in [6.45, 7) is 4.99. The van der Waals surface area contributed by atoms with Gasteiger partial charge in [0, 0.05) is 43.7 Å². The Labute approximate surface area is 126 Å². The Morgan fingerprint density at radius 3 is 2.70 bits per heavy atom. The number of amides is 1. The molecule has 1 aromatic heterocycles. The standard InChI is InChI=1S/C13H17N3O2S2/c1-9(17)20-10-6-16(7-10)13-14-11(8-19-13)12(18)15-4-2-3-5-15/h8,10H,2-7H2,1H3. The smallest absolute Gasteiger partial charge is 0.273 e. The molecule has 0 bridgehead atoms. The maximum Gasteiger partial charge on any atom is 0.273 e. The van der Waals surface area contributed by atoms with Gasteiger partial charge in [-0.05, 0) is 12.8 Å². The zero-order valence-electron chi connectivity index (χ0n) is 11.4. The third-order valence-corrected chi connectivity index (χ3v) is 5.42. The van der Waals surface area contributed by atoms with Gasteiger partial charge in [-0.25, -0.2) is 4.98 Å². The number of carbonyl (C=O) groups excluding carboxylic acids is 2. The summed E-state index contributed by atoms with van der Waals surface area (Å²) >= 11 is 2.91. The molecule has 2 aliphatic rings. The number of anilines is 1. The minimum Gasteiger partial charge on any atom is -0.346 e. The molecule has 0 unspecified atom stereocenters. The number of hydrogen-bond donors (Lipinski definition) is 0.